The van der Waals surface area contributed by atoms with Gasteiger partial charge in [-0.3, -0.25) is 9.59 Å². The SMILES string of the molecule is CCC(CC)[SiH2]OC(CC(=O)OC(C)(C)C)C(C)(C)C(=O)C(C)C(O[Si](C)(C)C(C)(C)C)C(C)COCc1ccccc1. The Morgan fingerprint density at radius 3 is 1.95 bits per heavy atom. The first-order valence-electron chi connectivity index (χ1n) is 16.3. The van der Waals surface area contributed by atoms with E-state index in [1.54, 1.807) is 0 Å². The molecule has 0 N–H and O–H groups in total. The van der Waals surface area contributed by atoms with E-state index in [1.165, 1.54) is 0 Å². The summed E-state index contributed by atoms with van der Waals surface area (Å²) in [4.78, 5) is 27.5. The lowest BCUT2D eigenvalue weighted by Gasteiger charge is -2.44. The fourth-order valence-electron chi connectivity index (χ4n) is 4.99. The topological polar surface area (TPSA) is 71.1 Å². The highest BCUT2D eigenvalue weighted by Gasteiger charge is 2.47. The molecule has 1 rings (SSSR count). The van der Waals surface area contributed by atoms with Gasteiger partial charge in [-0.2, -0.15) is 0 Å². The van der Waals surface area contributed by atoms with Gasteiger partial charge in [0.15, 0.2) is 18.1 Å². The minimum absolute atomic E-state index is 0.0164. The second-order valence-corrected chi connectivity index (χ2v) is 22.1. The number of rotatable bonds is 18. The van der Waals surface area contributed by atoms with Crippen molar-refractivity contribution in [3.63, 3.8) is 0 Å². The summed E-state index contributed by atoms with van der Waals surface area (Å²) in [5.74, 6) is -0.713. The van der Waals surface area contributed by atoms with Crippen molar-refractivity contribution in [1.29, 1.82) is 0 Å². The molecule has 0 radical (unpaired) electrons. The predicted octanol–water partition coefficient (Wildman–Crippen LogP) is 8.27. The van der Waals surface area contributed by atoms with E-state index in [9.17, 15) is 9.59 Å². The summed E-state index contributed by atoms with van der Waals surface area (Å²) in [7, 11) is -3.19. The first kappa shape index (κ1) is 39.7. The fraction of sp³-hybridized carbons (Fsp3) is 0.771. The third-order valence-electron chi connectivity index (χ3n) is 9.10. The largest absolute Gasteiger partial charge is 0.460 e. The molecule has 0 saturated heterocycles. The summed E-state index contributed by atoms with van der Waals surface area (Å²) in [6.45, 7) is 30.0. The Kier molecular flexibility index (Phi) is 15.5. The minimum atomic E-state index is -2.23. The Bertz CT molecular complexity index is 976. The molecule has 0 amide bonds. The van der Waals surface area contributed by atoms with Crippen molar-refractivity contribution in [2.45, 2.75) is 150 Å². The number of hydrogen-bond acceptors (Lipinski definition) is 6. The molecule has 1 aromatic rings. The van der Waals surface area contributed by atoms with Gasteiger partial charge in [-0.15, -0.1) is 0 Å². The molecular weight excluding hydrogens is 573 g/mol. The molecule has 43 heavy (non-hydrogen) atoms. The number of ketones is 1. The van der Waals surface area contributed by atoms with Crippen LogP contribution in [0.2, 0.25) is 23.7 Å². The van der Waals surface area contributed by atoms with Crippen molar-refractivity contribution < 1.29 is 27.9 Å². The van der Waals surface area contributed by atoms with Crippen LogP contribution in [0.25, 0.3) is 0 Å². The number of hydrogen-bond donors (Lipinski definition) is 0. The monoisotopic (exact) mass is 636 g/mol. The second kappa shape index (κ2) is 16.8. The summed E-state index contributed by atoms with van der Waals surface area (Å²) >= 11 is 0. The first-order valence-corrected chi connectivity index (χ1v) is 20.6. The van der Waals surface area contributed by atoms with Crippen LogP contribution in [0.5, 0.6) is 0 Å². The van der Waals surface area contributed by atoms with Crippen molar-refractivity contribution in [3.05, 3.63) is 35.9 Å². The predicted molar refractivity (Wildman–Crippen MR) is 183 cm³/mol. The quantitative estimate of drug-likeness (QED) is 0.119. The molecule has 248 valence electrons. The fourth-order valence-corrected chi connectivity index (χ4v) is 7.97. The van der Waals surface area contributed by atoms with E-state index in [-0.39, 0.29) is 35.2 Å². The molecule has 0 aliphatic carbocycles. The van der Waals surface area contributed by atoms with Crippen molar-refractivity contribution in [2.24, 2.45) is 17.3 Å². The lowest BCUT2D eigenvalue weighted by atomic mass is 9.73. The Morgan fingerprint density at radius 2 is 1.47 bits per heavy atom. The maximum absolute atomic E-state index is 14.5. The number of carbonyl (C=O) groups excluding carboxylic acids is 2. The number of benzene rings is 1. The Balaban J connectivity index is 3.32. The lowest BCUT2D eigenvalue weighted by molar-refractivity contribution is -0.159. The van der Waals surface area contributed by atoms with Gasteiger partial charge < -0.3 is 18.3 Å². The van der Waals surface area contributed by atoms with Gasteiger partial charge in [0.25, 0.3) is 0 Å². The summed E-state index contributed by atoms with van der Waals surface area (Å²) in [6, 6.07) is 10.1. The van der Waals surface area contributed by atoms with E-state index in [2.05, 4.69) is 66.8 Å². The van der Waals surface area contributed by atoms with Crippen LogP contribution in [0.1, 0.15) is 108 Å². The minimum Gasteiger partial charge on any atom is -0.460 e. The standard InChI is InChI=1S/C35H64O6Si2/c1-15-28(16-2)42-40-29(22-30(36)39-33(5,6)7)35(11,12)32(37)26(4)31(41-43(13,14)34(8,9)10)25(3)23-38-24-27-20-18-17-19-21-27/h17-21,25-26,28-29,31H,15-16,22-24,42H2,1-14H3. The van der Waals surface area contributed by atoms with Gasteiger partial charge in [-0.05, 0) is 50.0 Å². The zero-order valence-electron chi connectivity index (χ0n) is 30.0. The van der Waals surface area contributed by atoms with Crippen LogP contribution in [0.15, 0.2) is 30.3 Å². The molecule has 1 aromatic carbocycles. The van der Waals surface area contributed by atoms with Gasteiger partial charge in [0, 0.05) is 17.3 Å². The van der Waals surface area contributed by atoms with Crippen LogP contribution in [-0.2, 0) is 34.5 Å². The molecule has 0 spiro atoms. The smallest absolute Gasteiger partial charge is 0.308 e. The van der Waals surface area contributed by atoms with E-state index in [0.717, 1.165) is 18.4 Å². The third-order valence-corrected chi connectivity index (χ3v) is 15.8. The molecule has 4 unspecified atom stereocenters. The molecule has 0 aliphatic heterocycles. The number of carbonyl (C=O) groups is 2. The maximum Gasteiger partial charge on any atom is 0.308 e. The first-order chi connectivity index (χ1) is 19.7. The van der Waals surface area contributed by atoms with Crippen LogP contribution >= 0.6 is 0 Å². The van der Waals surface area contributed by atoms with E-state index in [0.29, 0.717) is 18.8 Å². The van der Waals surface area contributed by atoms with Crippen LogP contribution in [-0.4, -0.2) is 54.2 Å². The summed E-state index contributed by atoms with van der Waals surface area (Å²) < 4.78 is 25.4. The van der Waals surface area contributed by atoms with Crippen LogP contribution in [0.3, 0.4) is 0 Å². The van der Waals surface area contributed by atoms with E-state index < -0.39 is 41.1 Å². The number of ether oxygens (including phenoxy) is 2. The maximum atomic E-state index is 14.5. The van der Waals surface area contributed by atoms with Gasteiger partial charge in [0.2, 0.25) is 0 Å². The molecule has 6 nitrogen and oxygen atoms in total. The van der Waals surface area contributed by atoms with Crippen molar-refractivity contribution in [2.75, 3.05) is 6.61 Å². The average Bonchev–Trinajstić information content (AvgIpc) is 2.89. The van der Waals surface area contributed by atoms with Crippen molar-refractivity contribution in [1.82, 2.24) is 0 Å². The Hall–Kier alpha value is -1.33. The third kappa shape index (κ3) is 12.9. The zero-order valence-corrected chi connectivity index (χ0v) is 32.4. The van der Waals surface area contributed by atoms with E-state index >= 15 is 0 Å². The van der Waals surface area contributed by atoms with Gasteiger partial charge in [0.05, 0.1) is 31.8 Å². The van der Waals surface area contributed by atoms with Gasteiger partial charge >= 0.3 is 5.97 Å². The molecule has 0 bridgehead atoms. The van der Waals surface area contributed by atoms with E-state index in [4.69, 9.17) is 18.3 Å². The molecule has 0 saturated carbocycles. The summed E-state index contributed by atoms with van der Waals surface area (Å²) in [6.07, 6.45) is 1.24. The molecule has 0 aromatic heterocycles. The van der Waals surface area contributed by atoms with Crippen molar-refractivity contribution >= 4 is 29.8 Å². The Labute approximate surface area is 267 Å². The normalized spacial score (nSPS) is 16.3. The highest BCUT2D eigenvalue weighted by Crippen LogP contribution is 2.41. The molecule has 0 fully saturated rings. The van der Waals surface area contributed by atoms with Crippen LogP contribution in [0, 0.1) is 17.3 Å². The zero-order chi connectivity index (χ0) is 33.2. The molecular formula is C35H64O6Si2. The second-order valence-electron chi connectivity index (χ2n) is 15.5. The van der Waals surface area contributed by atoms with Crippen molar-refractivity contribution in [3.8, 4) is 0 Å². The van der Waals surface area contributed by atoms with Crippen LogP contribution in [0.4, 0.5) is 0 Å². The molecule has 0 heterocycles. The van der Waals surface area contributed by atoms with Gasteiger partial charge in [-0.25, -0.2) is 0 Å². The lowest BCUT2D eigenvalue weighted by Crippen LogP contribution is -2.52. The highest BCUT2D eigenvalue weighted by molar-refractivity contribution is 6.74. The summed E-state index contributed by atoms with van der Waals surface area (Å²) in [5.41, 5.74) is 0.105. The number of esters is 1. The average molecular weight is 637 g/mol. The molecule has 8 heteroatoms. The van der Waals surface area contributed by atoms with E-state index in [1.807, 2.05) is 59.7 Å². The highest BCUT2D eigenvalue weighted by atomic mass is 28.4. The van der Waals surface area contributed by atoms with Gasteiger partial charge in [-0.1, -0.05) is 105 Å². The van der Waals surface area contributed by atoms with Crippen LogP contribution < -0.4 is 0 Å². The van der Waals surface area contributed by atoms with Gasteiger partial charge in [0.1, 0.15) is 11.4 Å². The molecule has 4 atom stereocenters. The number of Topliss-reactive ketones (excluding diaryl/α,β-unsaturated/α-hetero) is 1. The summed E-state index contributed by atoms with van der Waals surface area (Å²) in [5, 5.41) is -0.0164. The molecule has 0 aliphatic rings. The Morgan fingerprint density at radius 1 is 0.907 bits per heavy atom.